The third kappa shape index (κ3) is 1.71. The number of nitrogens with one attached hydrogen (secondary N) is 2. The van der Waals surface area contributed by atoms with E-state index < -0.39 is 0 Å². The molecule has 1 aliphatic heterocycles. The van der Waals surface area contributed by atoms with E-state index in [1.54, 1.807) is 6.07 Å². The molecular weight excluding hydrogens is 324 g/mol. The molecule has 0 unspecified atom stereocenters. The number of carbonyl (C=O) groups excluding carboxylic acids is 1. The number of halogens is 1. The Morgan fingerprint density at radius 3 is 3.00 bits per heavy atom. The highest BCUT2D eigenvalue weighted by atomic mass is 79.9. The number of anilines is 1. The second kappa shape index (κ2) is 4.70. The number of carbonyl (C=O) groups is 1. The number of esters is 1. The standard InChI is InChI=1S/C14H15BrN2O3/c1-6-10(14(19)20-2)12-11-7(4-15)5-16-8(11)3-9(18)13(12)17-6/h3,7,16-18H,4-5H2,1-2H3/t7-/m1/s1. The van der Waals surface area contributed by atoms with Crippen LogP contribution in [0.1, 0.15) is 27.5 Å². The summed E-state index contributed by atoms with van der Waals surface area (Å²) in [5.74, 6) is 0.00760. The van der Waals surface area contributed by atoms with Crippen molar-refractivity contribution < 1.29 is 14.6 Å². The summed E-state index contributed by atoms with van der Waals surface area (Å²) in [7, 11) is 1.36. The molecule has 0 amide bonds. The first-order valence-corrected chi connectivity index (χ1v) is 7.46. The lowest BCUT2D eigenvalue weighted by atomic mass is 9.96. The van der Waals surface area contributed by atoms with Gasteiger partial charge in [0.2, 0.25) is 0 Å². The molecule has 20 heavy (non-hydrogen) atoms. The van der Waals surface area contributed by atoms with Crippen LogP contribution in [-0.4, -0.2) is 35.0 Å². The van der Waals surface area contributed by atoms with E-state index in [1.807, 2.05) is 6.92 Å². The number of phenolic OH excluding ortho intramolecular Hbond substituents is 1. The molecule has 6 heteroatoms. The lowest BCUT2D eigenvalue weighted by molar-refractivity contribution is 0.0602. The Balaban J connectivity index is 2.41. The molecule has 5 nitrogen and oxygen atoms in total. The molecular formula is C14H15BrN2O3. The van der Waals surface area contributed by atoms with Crippen molar-refractivity contribution in [1.29, 1.82) is 0 Å². The predicted molar refractivity (Wildman–Crippen MR) is 81.1 cm³/mol. The molecule has 1 atom stereocenters. The van der Waals surface area contributed by atoms with E-state index in [0.717, 1.165) is 28.5 Å². The van der Waals surface area contributed by atoms with Crippen molar-refractivity contribution in [3.05, 3.63) is 22.9 Å². The van der Waals surface area contributed by atoms with Gasteiger partial charge in [-0.2, -0.15) is 0 Å². The summed E-state index contributed by atoms with van der Waals surface area (Å²) < 4.78 is 4.88. The van der Waals surface area contributed by atoms with E-state index in [9.17, 15) is 9.90 Å². The van der Waals surface area contributed by atoms with Crippen molar-refractivity contribution in [3.8, 4) is 5.75 Å². The summed E-state index contributed by atoms with van der Waals surface area (Å²) >= 11 is 3.51. The van der Waals surface area contributed by atoms with E-state index in [2.05, 4.69) is 26.2 Å². The largest absolute Gasteiger partial charge is 0.506 e. The third-order valence-electron chi connectivity index (χ3n) is 3.81. The highest BCUT2D eigenvalue weighted by molar-refractivity contribution is 9.09. The van der Waals surface area contributed by atoms with Crippen molar-refractivity contribution in [3.63, 3.8) is 0 Å². The Morgan fingerprint density at radius 2 is 2.35 bits per heavy atom. The van der Waals surface area contributed by atoms with Crippen LogP contribution < -0.4 is 5.32 Å². The Morgan fingerprint density at radius 1 is 1.60 bits per heavy atom. The highest BCUT2D eigenvalue weighted by Crippen LogP contribution is 2.44. The van der Waals surface area contributed by atoms with Gasteiger partial charge in [0.15, 0.2) is 0 Å². The summed E-state index contributed by atoms with van der Waals surface area (Å²) in [6.07, 6.45) is 0. The summed E-state index contributed by atoms with van der Waals surface area (Å²) in [5, 5.41) is 15.0. The molecule has 1 aromatic carbocycles. The van der Waals surface area contributed by atoms with Gasteiger partial charge in [0.05, 0.1) is 18.2 Å². The van der Waals surface area contributed by atoms with Crippen molar-refractivity contribution >= 4 is 38.5 Å². The average molecular weight is 339 g/mol. The number of hydrogen-bond acceptors (Lipinski definition) is 4. The number of benzene rings is 1. The molecule has 106 valence electrons. The number of aryl methyl sites for hydroxylation is 1. The number of fused-ring (bicyclic) bond motifs is 3. The lowest BCUT2D eigenvalue weighted by Crippen LogP contribution is -2.05. The maximum absolute atomic E-state index is 12.1. The van der Waals surface area contributed by atoms with Gasteiger partial charge in [-0.05, 0) is 12.5 Å². The number of methoxy groups -OCH3 is 1. The minimum Gasteiger partial charge on any atom is -0.506 e. The van der Waals surface area contributed by atoms with E-state index in [1.165, 1.54) is 7.11 Å². The van der Waals surface area contributed by atoms with E-state index >= 15 is 0 Å². The summed E-state index contributed by atoms with van der Waals surface area (Å²) in [6.45, 7) is 2.59. The van der Waals surface area contributed by atoms with Crippen molar-refractivity contribution in [1.82, 2.24) is 4.98 Å². The molecule has 2 aromatic rings. The first-order chi connectivity index (χ1) is 9.58. The van der Waals surface area contributed by atoms with Crippen molar-refractivity contribution in [2.45, 2.75) is 12.8 Å². The number of ether oxygens (including phenoxy) is 1. The second-order valence-electron chi connectivity index (χ2n) is 4.96. The van der Waals surface area contributed by atoms with Crippen molar-refractivity contribution in [2.75, 3.05) is 24.3 Å². The van der Waals surface area contributed by atoms with Gasteiger partial charge in [-0.3, -0.25) is 0 Å². The molecule has 0 radical (unpaired) electrons. The van der Waals surface area contributed by atoms with Crippen LogP contribution in [0.25, 0.3) is 10.9 Å². The Kier molecular flexibility index (Phi) is 3.12. The maximum atomic E-state index is 12.1. The van der Waals surface area contributed by atoms with Crippen LogP contribution in [0.15, 0.2) is 6.07 Å². The number of alkyl halides is 1. The van der Waals surface area contributed by atoms with Gasteiger partial charge >= 0.3 is 5.97 Å². The molecule has 1 aromatic heterocycles. The second-order valence-corrected chi connectivity index (χ2v) is 5.60. The number of aromatic amines is 1. The number of aromatic nitrogens is 1. The summed E-state index contributed by atoms with van der Waals surface area (Å²) in [4.78, 5) is 15.2. The van der Waals surface area contributed by atoms with Gasteiger partial charge in [0.1, 0.15) is 5.75 Å². The van der Waals surface area contributed by atoms with Crippen molar-refractivity contribution in [2.24, 2.45) is 0 Å². The van der Waals surface area contributed by atoms with Crippen LogP contribution in [0.2, 0.25) is 0 Å². The Hall–Kier alpha value is -1.69. The SMILES string of the molecule is COC(=O)c1c(C)[nH]c2c(O)cc3c(c12)[C@H](CBr)CN3. The fourth-order valence-electron chi connectivity index (χ4n) is 2.90. The molecule has 0 saturated heterocycles. The van der Waals surface area contributed by atoms with E-state index in [-0.39, 0.29) is 17.6 Å². The molecule has 2 heterocycles. The number of H-pyrrole nitrogens is 1. The van der Waals surface area contributed by atoms with Gasteiger partial charge in [-0.15, -0.1) is 0 Å². The molecule has 1 aliphatic rings. The number of rotatable bonds is 2. The van der Waals surface area contributed by atoms with Gasteiger partial charge in [0, 0.05) is 40.6 Å². The summed E-state index contributed by atoms with van der Waals surface area (Å²) in [6, 6.07) is 1.71. The fourth-order valence-corrected chi connectivity index (χ4v) is 3.45. The van der Waals surface area contributed by atoms with Gasteiger partial charge in [-0.1, -0.05) is 15.9 Å². The zero-order chi connectivity index (χ0) is 14.4. The van der Waals surface area contributed by atoms with Crippen LogP contribution in [0.5, 0.6) is 5.75 Å². The van der Waals surface area contributed by atoms with Gasteiger partial charge in [0.25, 0.3) is 0 Å². The van der Waals surface area contributed by atoms with Crippen LogP contribution in [0, 0.1) is 6.92 Å². The molecule has 3 N–H and O–H groups in total. The molecule has 0 fully saturated rings. The zero-order valence-electron chi connectivity index (χ0n) is 11.2. The molecule has 0 saturated carbocycles. The number of aromatic hydroxyl groups is 1. The smallest absolute Gasteiger partial charge is 0.340 e. The summed E-state index contributed by atoms with van der Waals surface area (Å²) in [5.41, 5.74) is 3.74. The van der Waals surface area contributed by atoms with Gasteiger partial charge in [-0.25, -0.2) is 4.79 Å². The number of phenols is 1. The zero-order valence-corrected chi connectivity index (χ0v) is 12.8. The first-order valence-electron chi connectivity index (χ1n) is 6.34. The molecule has 3 rings (SSSR count). The van der Waals surface area contributed by atoms with Crippen LogP contribution in [-0.2, 0) is 4.74 Å². The molecule has 0 aliphatic carbocycles. The predicted octanol–water partition coefficient (Wildman–Crippen LogP) is 2.87. The molecule has 0 bridgehead atoms. The fraction of sp³-hybridized carbons (Fsp3) is 0.357. The minimum atomic E-state index is -0.387. The average Bonchev–Trinajstić information content (AvgIpc) is 2.98. The van der Waals surface area contributed by atoms with Crippen LogP contribution >= 0.6 is 15.9 Å². The minimum absolute atomic E-state index is 0.139. The monoisotopic (exact) mass is 338 g/mol. The van der Waals surface area contributed by atoms with Crippen LogP contribution in [0.4, 0.5) is 5.69 Å². The van der Waals surface area contributed by atoms with Crippen LogP contribution in [0.3, 0.4) is 0 Å². The Bertz CT molecular complexity index is 708. The lowest BCUT2D eigenvalue weighted by Gasteiger charge is -2.10. The number of hydrogen-bond donors (Lipinski definition) is 3. The van der Waals surface area contributed by atoms with E-state index in [4.69, 9.17) is 4.74 Å². The normalized spacial score (nSPS) is 17.1. The molecule has 0 spiro atoms. The maximum Gasteiger partial charge on any atom is 0.340 e. The van der Waals surface area contributed by atoms with E-state index in [0.29, 0.717) is 16.8 Å². The third-order valence-corrected chi connectivity index (χ3v) is 4.59. The van der Waals surface area contributed by atoms with Gasteiger partial charge < -0.3 is 20.1 Å². The quantitative estimate of drug-likeness (QED) is 0.581. The topological polar surface area (TPSA) is 74.4 Å². The first kappa shape index (κ1) is 13.3. The highest BCUT2D eigenvalue weighted by Gasteiger charge is 2.30. The Labute approximate surface area is 124 Å².